The number of hydroxylamine groups is 1. The van der Waals surface area contributed by atoms with Crippen molar-refractivity contribution in [1.82, 2.24) is 10.5 Å². The third-order valence-electron chi connectivity index (χ3n) is 5.01. The fourth-order valence-electron chi connectivity index (χ4n) is 3.26. The number of rotatable bonds is 11. The predicted molar refractivity (Wildman–Crippen MR) is 129 cm³/mol. The summed E-state index contributed by atoms with van der Waals surface area (Å²) in [5.74, 6) is 0.0865. The highest BCUT2D eigenvalue weighted by atomic mass is 32.1. The molecule has 0 fully saturated rings. The average molecular weight is 500 g/mol. The number of nitrogens with zero attached hydrogens (tertiary/aromatic N) is 1. The summed E-state index contributed by atoms with van der Waals surface area (Å²) in [7, 11) is 4.45. The zero-order chi connectivity index (χ0) is 25.4. The van der Waals surface area contributed by atoms with E-state index >= 15 is 0 Å². The fraction of sp³-hybridized carbons (Fsp3) is 0.250. The monoisotopic (exact) mass is 499 g/mol. The van der Waals surface area contributed by atoms with Crippen molar-refractivity contribution in [3.8, 4) is 27.8 Å². The number of carbonyl (C=O) groups is 3. The lowest BCUT2D eigenvalue weighted by atomic mass is 10.1. The average Bonchev–Trinajstić information content (AvgIpc) is 3.37. The van der Waals surface area contributed by atoms with E-state index in [1.807, 2.05) is 0 Å². The van der Waals surface area contributed by atoms with Gasteiger partial charge >= 0.3 is 0 Å². The minimum atomic E-state index is -0.534. The van der Waals surface area contributed by atoms with Crippen molar-refractivity contribution < 1.29 is 33.8 Å². The van der Waals surface area contributed by atoms with Crippen LogP contribution in [-0.2, 0) is 9.59 Å². The van der Waals surface area contributed by atoms with Crippen molar-refractivity contribution in [2.45, 2.75) is 19.3 Å². The zero-order valence-electron chi connectivity index (χ0n) is 19.4. The van der Waals surface area contributed by atoms with Crippen LogP contribution in [0.15, 0.2) is 41.8 Å². The number of ketones is 1. The van der Waals surface area contributed by atoms with Crippen molar-refractivity contribution in [2.75, 3.05) is 26.6 Å². The van der Waals surface area contributed by atoms with Gasteiger partial charge in [0.05, 0.1) is 21.3 Å². The molecule has 3 rings (SSSR count). The van der Waals surface area contributed by atoms with Gasteiger partial charge in [-0.1, -0.05) is 0 Å². The van der Waals surface area contributed by atoms with Gasteiger partial charge in [0.25, 0.3) is 0 Å². The number of anilines is 1. The van der Waals surface area contributed by atoms with Gasteiger partial charge in [-0.05, 0) is 42.8 Å². The zero-order valence-corrected chi connectivity index (χ0v) is 20.2. The SMILES string of the molecule is COc1cc(C(=O)c2csc(-c3ccc(NC(=O)CCCC(=O)NO)cc3)n2)cc(OC)c1OC. The molecule has 0 spiro atoms. The minimum Gasteiger partial charge on any atom is -0.493 e. The molecule has 1 heterocycles. The molecule has 11 heteroatoms. The number of amides is 2. The third kappa shape index (κ3) is 6.34. The first-order valence-electron chi connectivity index (χ1n) is 10.5. The Morgan fingerprint density at radius 2 is 1.57 bits per heavy atom. The lowest BCUT2D eigenvalue weighted by molar-refractivity contribution is -0.129. The van der Waals surface area contributed by atoms with E-state index in [0.717, 1.165) is 5.56 Å². The Morgan fingerprint density at radius 1 is 0.943 bits per heavy atom. The van der Waals surface area contributed by atoms with Gasteiger partial charge in [-0.15, -0.1) is 11.3 Å². The van der Waals surface area contributed by atoms with E-state index in [0.29, 0.717) is 39.9 Å². The molecule has 3 N–H and O–H groups in total. The molecule has 0 aliphatic heterocycles. The van der Waals surface area contributed by atoms with Crippen molar-refractivity contribution in [2.24, 2.45) is 0 Å². The maximum atomic E-state index is 13.1. The van der Waals surface area contributed by atoms with Crippen LogP contribution in [0.3, 0.4) is 0 Å². The van der Waals surface area contributed by atoms with E-state index in [4.69, 9.17) is 19.4 Å². The molecule has 0 atom stereocenters. The molecule has 0 aliphatic carbocycles. The topological polar surface area (TPSA) is 136 Å². The molecule has 1 aromatic heterocycles. The van der Waals surface area contributed by atoms with Crippen LogP contribution in [0.1, 0.15) is 35.3 Å². The molecular formula is C24H25N3O7S. The Morgan fingerprint density at radius 3 is 2.14 bits per heavy atom. The Labute approximate surface area is 205 Å². The molecule has 0 aliphatic rings. The summed E-state index contributed by atoms with van der Waals surface area (Å²) in [6.07, 6.45) is 0.524. The molecule has 3 aromatic rings. The van der Waals surface area contributed by atoms with Gasteiger partial charge in [0, 0.05) is 35.0 Å². The predicted octanol–water partition coefficient (Wildman–Crippen LogP) is 3.68. The number of aromatic nitrogens is 1. The third-order valence-corrected chi connectivity index (χ3v) is 5.90. The summed E-state index contributed by atoms with van der Waals surface area (Å²) in [4.78, 5) is 40.5. The largest absolute Gasteiger partial charge is 0.493 e. The number of thiazole rings is 1. The van der Waals surface area contributed by atoms with E-state index < -0.39 is 5.91 Å². The Hall–Kier alpha value is -3.96. The van der Waals surface area contributed by atoms with Gasteiger partial charge in [0.1, 0.15) is 10.7 Å². The van der Waals surface area contributed by atoms with E-state index in [1.165, 1.54) is 38.1 Å². The van der Waals surface area contributed by atoms with Crippen LogP contribution in [0.2, 0.25) is 0 Å². The number of nitrogens with one attached hydrogen (secondary N) is 2. The summed E-state index contributed by atoms with van der Waals surface area (Å²) in [5.41, 5.74) is 3.55. The van der Waals surface area contributed by atoms with E-state index in [1.54, 1.807) is 41.8 Å². The molecule has 2 amide bonds. The molecule has 0 saturated heterocycles. The number of hydrogen-bond acceptors (Lipinski definition) is 9. The summed E-state index contributed by atoms with van der Waals surface area (Å²) in [6.45, 7) is 0. The minimum absolute atomic E-state index is 0.0596. The van der Waals surface area contributed by atoms with Gasteiger partial charge in [-0.3, -0.25) is 19.6 Å². The summed E-state index contributed by atoms with van der Waals surface area (Å²) in [6, 6.07) is 10.2. The van der Waals surface area contributed by atoms with Crippen LogP contribution < -0.4 is 25.0 Å². The lowest BCUT2D eigenvalue weighted by Gasteiger charge is -2.13. The summed E-state index contributed by atoms with van der Waals surface area (Å²) >= 11 is 1.32. The second kappa shape index (κ2) is 12.0. The van der Waals surface area contributed by atoms with Crippen LogP contribution in [0.5, 0.6) is 17.2 Å². The smallest absolute Gasteiger partial charge is 0.243 e. The number of carbonyl (C=O) groups excluding carboxylic acids is 3. The normalized spacial score (nSPS) is 10.4. The first kappa shape index (κ1) is 25.7. The Bertz CT molecular complexity index is 1180. The first-order valence-corrected chi connectivity index (χ1v) is 11.4. The maximum absolute atomic E-state index is 13.1. The number of benzene rings is 2. The molecule has 0 radical (unpaired) electrons. The van der Waals surface area contributed by atoms with Crippen LogP contribution in [0, 0.1) is 0 Å². The Kier molecular flexibility index (Phi) is 8.76. The molecule has 0 saturated carbocycles. The van der Waals surface area contributed by atoms with Gasteiger partial charge in [-0.25, -0.2) is 10.5 Å². The van der Waals surface area contributed by atoms with Gasteiger partial charge < -0.3 is 19.5 Å². The molecule has 35 heavy (non-hydrogen) atoms. The molecular weight excluding hydrogens is 474 g/mol. The second-order valence-corrected chi connectivity index (χ2v) is 8.15. The number of hydrogen-bond donors (Lipinski definition) is 3. The van der Waals surface area contributed by atoms with Crippen LogP contribution >= 0.6 is 11.3 Å². The lowest BCUT2D eigenvalue weighted by Crippen LogP contribution is -2.19. The maximum Gasteiger partial charge on any atom is 0.243 e. The van der Waals surface area contributed by atoms with Crippen LogP contribution in [0.4, 0.5) is 5.69 Å². The van der Waals surface area contributed by atoms with E-state index in [9.17, 15) is 14.4 Å². The second-order valence-electron chi connectivity index (χ2n) is 7.30. The summed E-state index contributed by atoms with van der Waals surface area (Å²) < 4.78 is 15.9. The van der Waals surface area contributed by atoms with Crippen molar-refractivity contribution >= 4 is 34.6 Å². The van der Waals surface area contributed by atoms with E-state index in [-0.39, 0.29) is 30.2 Å². The first-order chi connectivity index (χ1) is 16.9. The summed E-state index contributed by atoms with van der Waals surface area (Å²) in [5, 5.41) is 13.5. The standard InChI is InChI=1S/C24H25N3O7S/c1-32-18-11-15(12-19(33-2)23(18)34-3)22(30)17-13-35-24(26-17)14-7-9-16(10-8-14)25-20(28)5-4-6-21(29)27-31/h7-13,31H,4-6H2,1-3H3,(H,25,28)(H,27,29). The molecule has 2 aromatic carbocycles. The fourth-order valence-corrected chi connectivity index (χ4v) is 4.06. The molecule has 0 unspecified atom stereocenters. The highest BCUT2D eigenvalue weighted by molar-refractivity contribution is 7.13. The quantitative estimate of drug-likeness (QED) is 0.207. The van der Waals surface area contributed by atoms with Gasteiger partial charge in [-0.2, -0.15) is 0 Å². The number of ether oxygens (including phenoxy) is 3. The van der Waals surface area contributed by atoms with Crippen molar-refractivity contribution in [3.63, 3.8) is 0 Å². The Balaban J connectivity index is 1.69. The highest BCUT2D eigenvalue weighted by Crippen LogP contribution is 2.39. The van der Waals surface area contributed by atoms with Crippen LogP contribution in [0.25, 0.3) is 10.6 Å². The number of methoxy groups -OCH3 is 3. The van der Waals surface area contributed by atoms with Crippen LogP contribution in [-0.4, -0.2) is 49.1 Å². The highest BCUT2D eigenvalue weighted by Gasteiger charge is 2.20. The van der Waals surface area contributed by atoms with Crippen molar-refractivity contribution in [3.05, 3.63) is 53.0 Å². The molecule has 0 bridgehead atoms. The van der Waals surface area contributed by atoms with Crippen molar-refractivity contribution in [1.29, 1.82) is 0 Å². The van der Waals surface area contributed by atoms with E-state index in [2.05, 4.69) is 10.3 Å². The van der Waals surface area contributed by atoms with Gasteiger partial charge in [0.2, 0.25) is 23.3 Å². The molecule has 10 nitrogen and oxygen atoms in total. The van der Waals surface area contributed by atoms with Gasteiger partial charge in [0.15, 0.2) is 11.5 Å². The molecule has 184 valence electrons.